The standard InChI is InChI=1S/C16H24N2O2/c17-15-8-6-13(7-9-15)10-11-20-16(19)18-12-14-4-2-1-3-5-14/h1-5,13,15H,6-12,17H2,(H,18,19). The Bertz CT molecular complexity index is 400. The summed E-state index contributed by atoms with van der Waals surface area (Å²) in [7, 11) is 0. The Morgan fingerprint density at radius 3 is 2.60 bits per heavy atom. The Balaban J connectivity index is 1.56. The molecule has 1 aliphatic rings. The van der Waals surface area contributed by atoms with E-state index in [1.54, 1.807) is 0 Å². The van der Waals surface area contributed by atoms with Crippen LogP contribution in [0.2, 0.25) is 0 Å². The Kier molecular flexibility index (Phi) is 5.87. The largest absolute Gasteiger partial charge is 0.450 e. The van der Waals surface area contributed by atoms with Gasteiger partial charge >= 0.3 is 6.09 Å². The van der Waals surface area contributed by atoms with Gasteiger partial charge < -0.3 is 15.8 Å². The second-order valence-corrected chi connectivity index (χ2v) is 5.54. The minimum absolute atomic E-state index is 0.332. The molecule has 1 amide bonds. The maximum Gasteiger partial charge on any atom is 0.407 e. The number of carbonyl (C=O) groups is 1. The van der Waals surface area contributed by atoms with E-state index >= 15 is 0 Å². The summed E-state index contributed by atoms with van der Waals surface area (Å²) in [6.07, 6.45) is 5.15. The first kappa shape index (κ1) is 14.9. The Morgan fingerprint density at radius 2 is 1.90 bits per heavy atom. The average molecular weight is 276 g/mol. The number of hydrogen-bond acceptors (Lipinski definition) is 3. The second kappa shape index (κ2) is 7.90. The van der Waals surface area contributed by atoms with Crippen molar-refractivity contribution in [2.75, 3.05) is 6.61 Å². The van der Waals surface area contributed by atoms with E-state index in [-0.39, 0.29) is 6.09 Å². The molecule has 1 fully saturated rings. The predicted octanol–water partition coefficient (Wildman–Crippen LogP) is 2.82. The molecule has 1 aliphatic carbocycles. The van der Waals surface area contributed by atoms with Gasteiger partial charge in [0.1, 0.15) is 0 Å². The minimum Gasteiger partial charge on any atom is -0.450 e. The first-order valence-electron chi connectivity index (χ1n) is 7.44. The molecule has 0 saturated heterocycles. The monoisotopic (exact) mass is 276 g/mol. The van der Waals surface area contributed by atoms with E-state index in [2.05, 4.69) is 5.32 Å². The van der Waals surface area contributed by atoms with E-state index in [4.69, 9.17) is 10.5 Å². The molecule has 0 atom stereocenters. The minimum atomic E-state index is -0.332. The molecule has 0 aliphatic heterocycles. The summed E-state index contributed by atoms with van der Waals surface area (Å²) in [5.74, 6) is 0.664. The molecule has 2 rings (SSSR count). The molecule has 0 bridgehead atoms. The van der Waals surface area contributed by atoms with Crippen LogP contribution in [0.3, 0.4) is 0 Å². The maximum absolute atomic E-state index is 11.6. The number of nitrogens with one attached hydrogen (secondary N) is 1. The van der Waals surface area contributed by atoms with E-state index < -0.39 is 0 Å². The van der Waals surface area contributed by atoms with Gasteiger partial charge in [-0.1, -0.05) is 30.3 Å². The lowest BCUT2D eigenvalue weighted by molar-refractivity contribution is 0.133. The van der Waals surface area contributed by atoms with Gasteiger partial charge in [-0.2, -0.15) is 0 Å². The summed E-state index contributed by atoms with van der Waals surface area (Å²) in [6, 6.07) is 10.2. The van der Waals surface area contributed by atoms with Gasteiger partial charge in [-0.05, 0) is 43.6 Å². The maximum atomic E-state index is 11.6. The van der Waals surface area contributed by atoms with Gasteiger partial charge in [-0.15, -0.1) is 0 Å². The fourth-order valence-corrected chi connectivity index (χ4v) is 2.62. The van der Waals surface area contributed by atoms with Crippen molar-refractivity contribution in [1.29, 1.82) is 0 Å². The van der Waals surface area contributed by atoms with E-state index in [1.807, 2.05) is 30.3 Å². The molecule has 1 aromatic carbocycles. The average Bonchev–Trinajstić information content (AvgIpc) is 2.48. The van der Waals surface area contributed by atoms with Crippen LogP contribution in [-0.4, -0.2) is 18.7 Å². The van der Waals surface area contributed by atoms with Crippen molar-refractivity contribution in [3.8, 4) is 0 Å². The summed E-state index contributed by atoms with van der Waals surface area (Å²) < 4.78 is 5.21. The van der Waals surface area contributed by atoms with Crippen LogP contribution in [0.4, 0.5) is 4.79 Å². The predicted molar refractivity (Wildman–Crippen MR) is 79.2 cm³/mol. The van der Waals surface area contributed by atoms with Crippen LogP contribution >= 0.6 is 0 Å². The highest BCUT2D eigenvalue weighted by Crippen LogP contribution is 2.25. The molecule has 3 N–H and O–H groups in total. The van der Waals surface area contributed by atoms with Crippen molar-refractivity contribution in [2.24, 2.45) is 11.7 Å². The molecule has 4 heteroatoms. The van der Waals surface area contributed by atoms with Crippen LogP contribution < -0.4 is 11.1 Å². The first-order chi connectivity index (χ1) is 9.74. The molecular weight excluding hydrogens is 252 g/mol. The summed E-state index contributed by atoms with van der Waals surface area (Å²) in [4.78, 5) is 11.6. The fraction of sp³-hybridized carbons (Fsp3) is 0.562. The quantitative estimate of drug-likeness (QED) is 0.869. The highest BCUT2D eigenvalue weighted by Gasteiger charge is 2.18. The number of alkyl carbamates (subject to hydrolysis) is 1. The summed E-state index contributed by atoms with van der Waals surface area (Å²) in [5, 5.41) is 2.76. The third kappa shape index (κ3) is 5.21. The number of rotatable bonds is 5. The number of benzene rings is 1. The number of amides is 1. The third-order valence-electron chi connectivity index (χ3n) is 3.93. The fourth-order valence-electron chi connectivity index (χ4n) is 2.62. The molecular formula is C16H24N2O2. The van der Waals surface area contributed by atoms with Crippen LogP contribution in [0.1, 0.15) is 37.7 Å². The van der Waals surface area contributed by atoms with Crippen molar-refractivity contribution in [3.63, 3.8) is 0 Å². The first-order valence-corrected chi connectivity index (χ1v) is 7.44. The van der Waals surface area contributed by atoms with Gasteiger partial charge in [0.25, 0.3) is 0 Å². The Morgan fingerprint density at radius 1 is 1.20 bits per heavy atom. The highest BCUT2D eigenvalue weighted by atomic mass is 16.5. The van der Waals surface area contributed by atoms with Crippen molar-refractivity contribution in [3.05, 3.63) is 35.9 Å². The zero-order valence-corrected chi connectivity index (χ0v) is 11.9. The van der Waals surface area contributed by atoms with Gasteiger partial charge in [-0.3, -0.25) is 0 Å². The van der Waals surface area contributed by atoms with E-state index in [1.165, 1.54) is 0 Å². The number of carbonyl (C=O) groups excluding carboxylic acids is 1. The molecule has 1 aromatic rings. The van der Waals surface area contributed by atoms with Crippen LogP contribution in [0.5, 0.6) is 0 Å². The van der Waals surface area contributed by atoms with E-state index in [0.29, 0.717) is 25.1 Å². The number of ether oxygens (including phenoxy) is 1. The lowest BCUT2D eigenvalue weighted by atomic mass is 9.85. The topological polar surface area (TPSA) is 64.3 Å². The second-order valence-electron chi connectivity index (χ2n) is 5.54. The van der Waals surface area contributed by atoms with Crippen molar-refractivity contribution >= 4 is 6.09 Å². The normalized spacial score (nSPS) is 22.2. The van der Waals surface area contributed by atoms with Gasteiger partial charge in [0.15, 0.2) is 0 Å². The zero-order valence-electron chi connectivity index (χ0n) is 11.9. The molecule has 20 heavy (non-hydrogen) atoms. The van der Waals surface area contributed by atoms with Gasteiger partial charge in [-0.25, -0.2) is 4.79 Å². The van der Waals surface area contributed by atoms with Gasteiger partial charge in [0, 0.05) is 12.6 Å². The summed E-state index contributed by atoms with van der Waals surface area (Å²) in [5.41, 5.74) is 6.95. The van der Waals surface area contributed by atoms with Crippen LogP contribution in [0.25, 0.3) is 0 Å². The Labute approximate surface area is 120 Å². The van der Waals surface area contributed by atoms with Crippen molar-refractivity contribution in [1.82, 2.24) is 5.32 Å². The van der Waals surface area contributed by atoms with Gasteiger partial charge in [0.2, 0.25) is 0 Å². The smallest absolute Gasteiger partial charge is 0.407 e. The summed E-state index contributed by atoms with van der Waals surface area (Å²) in [6.45, 7) is 1.01. The molecule has 0 aromatic heterocycles. The number of hydrogen-bond donors (Lipinski definition) is 2. The Hall–Kier alpha value is -1.55. The van der Waals surface area contributed by atoms with Crippen molar-refractivity contribution in [2.45, 2.75) is 44.7 Å². The highest BCUT2D eigenvalue weighted by molar-refractivity contribution is 5.67. The molecule has 4 nitrogen and oxygen atoms in total. The molecule has 0 radical (unpaired) electrons. The van der Waals surface area contributed by atoms with Crippen LogP contribution in [-0.2, 0) is 11.3 Å². The lowest BCUT2D eigenvalue weighted by Crippen LogP contribution is -2.28. The van der Waals surface area contributed by atoms with Crippen molar-refractivity contribution < 1.29 is 9.53 Å². The SMILES string of the molecule is NC1CCC(CCOC(=O)NCc2ccccc2)CC1. The lowest BCUT2D eigenvalue weighted by Gasteiger charge is -2.25. The molecule has 0 spiro atoms. The van der Waals surface area contributed by atoms with E-state index in [0.717, 1.165) is 37.7 Å². The molecule has 110 valence electrons. The van der Waals surface area contributed by atoms with Gasteiger partial charge in [0.05, 0.1) is 6.61 Å². The number of nitrogens with two attached hydrogens (primary N) is 1. The molecule has 1 saturated carbocycles. The van der Waals surface area contributed by atoms with Crippen LogP contribution in [0, 0.1) is 5.92 Å². The molecule has 0 heterocycles. The van der Waals surface area contributed by atoms with Crippen LogP contribution in [0.15, 0.2) is 30.3 Å². The zero-order chi connectivity index (χ0) is 14.2. The third-order valence-corrected chi connectivity index (χ3v) is 3.93. The molecule has 0 unspecified atom stereocenters. The summed E-state index contributed by atoms with van der Waals surface area (Å²) >= 11 is 0. The van der Waals surface area contributed by atoms with E-state index in [9.17, 15) is 4.79 Å².